The molecule has 1 aliphatic rings. The smallest absolute Gasteiger partial charge is 0.325 e. The molecule has 1 saturated heterocycles. The lowest BCUT2D eigenvalue weighted by Gasteiger charge is -2.20. The van der Waals surface area contributed by atoms with Gasteiger partial charge in [-0.05, 0) is 23.6 Å². The standard InChI is InChI=1S/C20H20N4O5S/c1-27-13-5-6-16(28-2)15(10-13)24-8-7-23(20(24)26)12-18(25)21-19-11-14(22-29-19)17-4-3-9-30-17/h3-6,9-11H,7-8,12H2,1-2H3,(H,21,25). The average Bonchev–Trinajstić information content (AvgIpc) is 3.50. The number of nitrogens with one attached hydrogen (secondary N) is 1. The van der Waals surface area contributed by atoms with Gasteiger partial charge in [-0.15, -0.1) is 11.3 Å². The maximum absolute atomic E-state index is 12.9. The molecule has 156 valence electrons. The molecule has 0 atom stereocenters. The Bertz CT molecular complexity index is 1050. The van der Waals surface area contributed by atoms with Gasteiger partial charge in [-0.2, -0.15) is 0 Å². The fourth-order valence-electron chi connectivity index (χ4n) is 3.19. The number of hydrogen-bond acceptors (Lipinski definition) is 7. The number of aromatic nitrogens is 1. The minimum atomic E-state index is -0.364. The van der Waals surface area contributed by atoms with Crippen LogP contribution in [0.3, 0.4) is 0 Å². The zero-order valence-corrected chi connectivity index (χ0v) is 17.3. The number of anilines is 2. The molecule has 30 heavy (non-hydrogen) atoms. The monoisotopic (exact) mass is 428 g/mol. The summed E-state index contributed by atoms with van der Waals surface area (Å²) in [6.07, 6.45) is 0. The minimum absolute atomic E-state index is 0.101. The van der Waals surface area contributed by atoms with Crippen LogP contribution in [0.5, 0.6) is 11.5 Å². The van der Waals surface area contributed by atoms with E-state index in [1.54, 1.807) is 43.4 Å². The number of thiophene rings is 1. The van der Waals surface area contributed by atoms with Crippen molar-refractivity contribution in [3.05, 3.63) is 41.8 Å². The molecule has 0 unspecified atom stereocenters. The van der Waals surface area contributed by atoms with Crippen LogP contribution in [0.15, 0.2) is 46.3 Å². The Hall–Kier alpha value is -3.53. The van der Waals surface area contributed by atoms with Crippen molar-refractivity contribution in [1.82, 2.24) is 10.1 Å². The summed E-state index contributed by atoms with van der Waals surface area (Å²) in [7, 11) is 3.10. The first kappa shape index (κ1) is 19.8. The topological polar surface area (TPSA) is 97.1 Å². The van der Waals surface area contributed by atoms with Crippen molar-refractivity contribution < 1.29 is 23.6 Å². The van der Waals surface area contributed by atoms with Gasteiger partial charge in [0, 0.05) is 25.2 Å². The highest BCUT2D eigenvalue weighted by Crippen LogP contribution is 2.34. The summed E-state index contributed by atoms with van der Waals surface area (Å²) >= 11 is 1.53. The number of benzene rings is 1. The summed E-state index contributed by atoms with van der Waals surface area (Å²) in [6.45, 7) is 0.737. The predicted octanol–water partition coefficient (Wildman–Crippen LogP) is 3.30. The van der Waals surface area contributed by atoms with E-state index in [4.69, 9.17) is 14.0 Å². The van der Waals surface area contributed by atoms with Gasteiger partial charge in [0.15, 0.2) is 0 Å². The van der Waals surface area contributed by atoms with Crippen LogP contribution in [0, 0.1) is 0 Å². The number of methoxy groups -OCH3 is 2. The van der Waals surface area contributed by atoms with E-state index >= 15 is 0 Å². The second-order valence-corrected chi connectivity index (χ2v) is 7.44. The number of nitrogens with zero attached hydrogens (tertiary/aromatic N) is 3. The number of hydrogen-bond donors (Lipinski definition) is 1. The SMILES string of the molecule is COc1ccc(OC)c(N2CCN(CC(=O)Nc3cc(-c4cccs4)no3)C2=O)c1. The highest BCUT2D eigenvalue weighted by atomic mass is 32.1. The molecule has 3 amide bonds. The van der Waals surface area contributed by atoms with E-state index in [2.05, 4.69) is 10.5 Å². The molecule has 1 N–H and O–H groups in total. The molecule has 0 radical (unpaired) electrons. The lowest BCUT2D eigenvalue weighted by molar-refractivity contribution is -0.116. The molecule has 0 saturated carbocycles. The minimum Gasteiger partial charge on any atom is -0.497 e. The molecule has 1 aromatic carbocycles. The van der Waals surface area contributed by atoms with E-state index in [-0.39, 0.29) is 24.4 Å². The van der Waals surface area contributed by atoms with E-state index in [9.17, 15) is 9.59 Å². The van der Waals surface area contributed by atoms with Crippen LogP contribution in [-0.2, 0) is 4.79 Å². The van der Waals surface area contributed by atoms with Crippen molar-refractivity contribution >= 4 is 34.8 Å². The van der Waals surface area contributed by atoms with Gasteiger partial charge in [0.2, 0.25) is 11.8 Å². The first-order chi connectivity index (χ1) is 14.6. The quantitative estimate of drug-likeness (QED) is 0.620. The Morgan fingerprint density at radius 1 is 1.23 bits per heavy atom. The van der Waals surface area contributed by atoms with Gasteiger partial charge in [0.05, 0.1) is 24.8 Å². The maximum atomic E-state index is 12.9. The van der Waals surface area contributed by atoms with Gasteiger partial charge in [-0.3, -0.25) is 15.0 Å². The fraction of sp³-hybridized carbons (Fsp3) is 0.250. The van der Waals surface area contributed by atoms with E-state index in [0.717, 1.165) is 4.88 Å². The summed E-state index contributed by atoms with van der Waals surface area (Å²) in [5.74, 6) is 1.04. The molecular weight excluding hydrogens is 408 g/mol. The Morgan fingerprint density at radius 2 is 2.10 bits per heavy atom. The summed E-state index contributed by atoms with van der Waals surface area (Å²) in [5.41, 5.74) is 1.24. The number of carbonyl (C=O) groups is 2. The van der Waals surface area contributed by atoms with Gasteiger partial charge in [-0.25, -0.2) is 4.79 Å². The van der Waals surface area contributed by atoms with Crippen molar-refractivity contribution in [3.8, 4) is 22.1 Å². The van der Waals surface area contributed by atoms with E-state index in [0.29, 0.717) is 36.0 Å². The van der Waals surface area contributed by atoms with Gasteiger partial charge in [0.25, 0.3) is 0 Å². The number of urea groups is 1. The number of amides is 3. The molecule has 9 nitrogen and oxygen atoms in total. The van der Waals surface area contributed by atoms with Crippen molar-refractivity contribution in [2.75, 3.05) is 44.1 Å². The summed E-state index contributed by atoms with van der Waals surface area (Å²) in [6, 6.07) is 10.4. The lowest BCUT2D eigenvalue weighted by Crippen LogP contribution is -2.37. The van der Waals surface area contributed by atoms with Crippen LogP contribution < -0.4 is 19.7 Å². The molecule has 2 aromatic heterocycles. The van der Waals surface area contributed by atoms with E-state index < -0.39 is 0 Å². The normalized spacial score (nSPS) is 13.6. The molecule has 3 heterocycles. The largest absolute Gasteiger partial charge is 0.497 e. The molecule has 0 spiro atoms. The van der Waals surface area contributed by atoms with Crippen LogP contribution >= 0.6 is 11.3 Å². The predicted molar refractivity (Wildman–Crippen MR) is 112 cm³/mol. The second-order valence-electron chi connectivity index (χ2n) is 6.50. The van der Waals surface area contributed by atoms with Gasteiger partial charge >= 0.3 is 6.03 Å². The third kappa shape index (κ3) is 3.94. The third-order valence-electron chi connectivity index (χ3n) is 4.65. The van der Waals surface area contributed by atoms with Crippen molar-refractivity contribution in [3.63, 3.8) is 0 Å². The van der Waals surface area contributed by atoms with Crippen molar-refractivity contribution in [2.24, 2.45) is 0 Å². The molecular formula is C20H20N4O5S. The third-order valence-corrected chi connectivity index (χ3v) is 5.55. The van der Waals surface area contributed by atoms with Gasteiger partial charge < -0.3 is 18.9 Å². The molecule has 1 aliphatic heterocycles. The Labute approximate surface area is 176 Å². The van der Waals surface area contributed by atoms with Crippen LogP contribution in [0.2, 0.25) is 0 Å². The lowest BCUT2D eigenvalue weighted by atomic mass is 10.2. The second kappa shape index (κ2) is 8.46. The van der Waals surface area contributed by atoms with Crippen molar-refractivity contribution in [2.45, 2.75) is 0 Å². The summed E-state index contributed by atoms with van der Waals surface area (Å²) in [4.78, 5) is 29.3. The van der Waals surface area contributed by atoms with Gasteiger partial charge in [0.1, 0.15) is 23.7 Å². The highest BCUT2D eigenvalue weighted by Gasteiger charge is 2.33. The van der Waals surface area contributed by atoms with Gasteiger partial charge in [-0.1, -0.05) is 11.2 Å². The van der Waals surface area contributed by atoms with Crippen LogP contribution in [0.25, 0.3) is 10.6 Å². The fourth-order valence-corrected chi connectivity index (χ4v) is 3.86. The molecule has 1 fully saturated rings. The maximum Gasteiger partial charge on any atom is 0.325 e. The van der Waals surface area contributed by atoms with E-state index in [1.807, 2.05) is 17.5 Å². The Kier molecular flexibility index (Phi) is 5.57. The van der Waals surface area contributed by atoms with Crippen LogP contribution in [0.1, 0.15) is 0 Å². The molecule has 0 aliphatic carbocycles. The zero-order chi connectivity index (χ0) is 21.1. The first-order valence-electron chi connectivity index (χ1n) is 9.18. The number of rotatable bonds is 7. The molecule has 10 heteroatoms. The van der Waals surface area contributed by atoms with Crippen LogP contribution in [0.4, 0.5) is 16.4 Å². The van der Waals surface area contributed by atoms with Crippen molar-refractivity contribution in [1.29, 1.82) is 0 Å². The Morgan fingerprint density at radius 3 is 2.83 bits per heavy atom. The average molecular weight is 428 g/mol. The highest BCUT2D eigenvalue weighted by molar-refractivity contribution is 7.13. The molecule has 0 bridgehead atoms. The number of ether oxygens (including phenoxy) is 2. The summed E-state index contributed by atoms with van der Waals surface area (Å²) < 4.78 is 15.8. The number of carbonyl (C=O) groups excluding carboxylic acids is 2. The summed E-state index contributed by atoms with van der Waals surface area (Å²) in [5, 5.41) is 8.53. The van der Waals surface area contributed by atoms with Crippen LogP contribution in [-0.4, -0.2) is 55.8 Å². The first-order valence-corrected chi connectivity index (χ1v) is 10.1. The molecule has 4 rings (SSSR count). The molecule has 3 aromatic rings. The Balaban J connectivity index is 1.40. The van der Waals surface area contributed by atoms with E-state index in [1.165, 1.54) is 16.2 Å². The zero-order valence-electron chi connectivity index (χ0n) is 16.5.